The second kappa shape index (κ2) is 5.79. The van der Waals surface area contributed by atoms with Gasteiger partial charge in [-0.15, -0.1) is 0 Å². The summed E-state index contributed by atoms with van der Waals surface area (Å²) in [7, 11) is 3.48. The average molecular weight is 261 g/mol. The highest BCUT2D eigenvalue weighted by Gasteiger charge is 2.09. The molecule has 0 saturated heterocycles. The van der Waals surface area contributed by atoms with Gasteiger partial charge in [-0.05, 0) is 13.8 Å². The van der Waals surface area contributed by atoms with Gasteiger partial charge in [0.1, 0.15) is 5.82 Å². The summed E-state index contributed by atoms with van der Waals surface area (Å²) in [5, 5.41) is 7.34. The maximum atomic E-state index is 5.12. The summed E-state index contributed by atoms with van der Waals surface area (Å²) in [6.07, 6.45) is 3.74. The molecule has 0 aliphatic carbocycles. The van der Waals surface area contributed by atoms with Crippen LogP contribution in [-0.4, -0.2) is 33.9 Å². The maximum absolute atomic E-state index is 5.12. The number of aromatic nitrogens is 4. The summed E-state index contributed by atoms with van der Waals surface area (Å²) in [6.45, 7) is 4.62. The average Bonchev–Trinajstić information content (AvgIpc) is 2.88. The smallest absolute Gasteiger partial charge is 0.165 e. The van der Waals surface area contributed by atoms with Crippen molar-refractivity contribution in [1.29, 1.82) is 0 Å². The molecule has 2 aromatic rings. The van der Waals surface area contributed by atoms with Crippen molar-refractivity contribution >= 4 is 5.82 Å². The van der Waals surface area contributed by atoms with E-state index < -0.39 is 0 Å². The van der Waals surface area contributed by atoms with Crippen LogP contribution in [0.1, 0.15) is 25.6 Å². The fraction of sp³-hybridized carbons (Fsp3) is 0.462. The Bertz CT molecular complexity index is 550. The number of anilines is 1. The number of nitrogens with zero attached hydrogens (tertiary/aromatic N) is 4. The van der Waals surface area contributed by atoms with Gasteiger partial charge in [-0.3, -0.25) is 4.68 Å². The van der Waals surface area contributed by atoms with Crippen LogP contribution >= 0.6 is 0 Å². The van der Waals surface area contributed by atoms with E-state index in [-0.39, 0.29) is 0 Å². The molecule has 0 atom stereocenters. The lowest BCUT2D eigenvalue weighted by molar-refractivity contribution is 0.181. The van der Waals surface area contributed by atoms with Crippen molar-refractivity contribution in [3.63, 3.8) is 0 Å². The third-order valence-corrected chi connectivity index (χ3v) is 2.72. The van der Waals surface area contributed by atoms with Crippen LogP contribution in [-0.2, 0) is 11.3 Å². The molecule has 1 N–H and O–H groups in total. The van der Waals surface area contributed by atoms with Crippen LogP contribution in [0.3, 0.4) is 0 Å². The zero-order chi connectivity index (χ0) is 13.8. The topological polar surface area (TPSA) is 64.9 Å². The van der Waals surface area contributed by atoms with Crippen molar-refractivity contribution in [1.82, 2.24) is 19.7 Å². The highest BCUT2D eigenvalue weighted by Crippen LogP contribution is 2.19. The van der Waals surface area contributed by atoms with Crippen molar-refractivity contribution in [3.05, 3.63) is 24.2 Å². The van der Waals surface area contributed by atoms with Gasteiger partial charge in [0, 0.05) is 32.5 Å². The van der Waals surface area contributed by atoms with Crippen LogP contribution in [0.4, 0.5) is 5.82 Å². The lowest BCUT2D eigenvalue weighted by Crippen LogP contribution is -2.02. The third kappa shape index (κ3) is 3.08. The van der Waals surface area contributed by atoms with Gasteiger partial charge in [0.2, 0.25) is 0 Å². The molecule has 0 fully saturated rings. The quantitative estimate of drug-likeness (QED) is 0.893. The van der Waals surface area contributed by atoms with Crippen LogP contribution in [0.25, 0.3) is 11.4 Å². The fourth-order valence-electron chi connectivity index (χ4n) is 1.71. The van der Waals surface area contributed by atoms with Gasteiger partial charge in [0.05, 0.1) is 24.1 Å². The molecule has 0 radical (unpaired) electrons. The van der Waals surface area contributed by atoms with E-state index in [0.29, 0.717) is 18.5 Å². The number of hydrogen-bond donors (Lipinski definition) is 1. The summed E-state index contributed by atoms with van der Waals surface area (Å²) < 4.78 is 7.01. The number of nitrogens with one attached hydrogen (secondary N) is 1. The van der Waals surface area contributed by atoms with E-state index in [1.54, 1.807) is 13.3 Å². The predicted octanol–water partition coefficient (Wildman–Crippen LogP) is 2.11. The van der Waals surface area contributed by atoms with Gasteiger partial charge in [0.25, 0.3) is 0 Å². The van der Waals surface area contributed by atoms with E-state index in [4.69, 9.17) is 4.74 Å². The Morgan fingerprint density at radius 3 is 2.74 bits per heavy atom. The van der Waals surface area contributed by atoms with Crippen LogP contribution in [0.5, 0.6) is 0 Å². The molecular formula is C13H19N5O. The summed E-state index contributed by atoms with van der Waals surface area (Å²) in [5.41, 5.74) is 1.75. The van der Waals surface area contributed by atoms with Crippen molar-refractivity contribution in [2.24, 2.45) is 0 Å². The van der Waals surface area contributed by atoms with E-state index in [1.165, 1.54) is 0 Å². The Kier molecular flexibility index (Phi) is 4.11. The molecule has 0 amide bonds. The Morgan fingerprint density at radius 2 is 2.16 bits per heavy atom. The third-order valence-electron chi connectivity index (χ3n) is 2.72. The van der Waals surface area contributed by atoms with Gasteiger partial charge >= 0.3 is 0 Å². The summed E-state index contributed by atoms with van der Waals surface area (Å²) in [5.74, 6) is 1.43. The predicted molar refractivity (Wildman–Crippen MR) is 73.9 cm³/mol. The first-order valence-electron chi connectivity index (χ1n) is 6.23. The van der Waals surface area contributed by atoms with Crippen molar-refractivity contribution in [2.45, 2.75) is 26.5 Å². The van der Waals surface area contributed by atoms with Crippen LogP contribution in [0.2, 0.25) is 0 Å². The summed E-state index contributed by atoms with van der Waals surface area (Å²) >= 11 is 0. The standard InChI is InChI=1S/C13H19N5O/c1-9(2)18-7-10(6-15-18)13-16-11(8-19-4)5-12(14-3)17-13/h5-7,9H,8H2,1-4H3,(H,14,16,17). The molecule has 0 bridgehead atoms. The molecule has 2 aromatic heterocycles. The second-order valence-corrected chi connectivity index (χ2v) is 4.55. The van der Waals surface area contributed by atoms with E-state index in [1.807, 2.05) is 24.0 Å². The Balaban J connectivity index is 2.38. The molecule has 6 heteroatoms. The molecular weight excluding hydrogens is 242 g/mol. The first kappa shape index (κ1) is 13.5. The number of ether oxygens (including phenoxy) is 1. The van der Waals surface area contributed by atoms with Gasteiger partial charge in [0.15, 0.2) is 5.82 Å². The Labute approximate surface area is 112 Å². The van der Waals surface area contributed by atoms with E-state index in [9.17, 15) is 0 Å². The maximum Gasteiger partial charge on any atom is 0.165 e. The highest BCUT2D eigenvalue weighted by atomic mass is 16.5. The Hall–Kier alpha value is -1.95. The van der Waals surface area contributed by atoms with Gasteiger partial charge in [-0.1, -0.05) is 0 Å². The van der Waals surface area contributed by atoms with Gasteiger partial charge in [-0.25, -0.2) is 9.97 Å². The number of hydrogen-bond acceptors (Lipinski definition) is 5. The largest absolute Gasteiger partial charge is 0.378 e. The summed E-state index contributed by atoms with van der Waals surface area (Å²) in [4.78, 5) is 8.93. The molecule has 6 nitrogen and oxygen atoms in total. The van der Waals surface area contributed by atoms with E-state index >= 15 is 0 Å². The molecule has 0 aromatic carbocycles. The summed E-state index contributed by atoms with van der Waals surface area (Å²) in [6, 6.07) is 2.19. The molecule has 102 valence electrons. The van der Waals surface area contributed by atoms with Crippen molar-refractivity contribution < 1.29 is 4.74 Å². The highest BCUT2D eigenvalue weighted by molar-refractivity contribution is 5.55. The fourth-order valence-corrected chi connectivity index (χ4v) is 1.71. The number of rotatable bonds is 5. The molecule has 0 aliphatic heterocycles. The first-order valence-corrected chi connectivity index (χ1v) is 6.23. The SMILES string of the molecule is CNc1cc(COC)nc(-c2cnn(C(C)C)c2)n1. The van der Waals surface area contributed by atoms with Gasteiger partial charge in [-0.2, -0.15) is 5.10 Å². The normalized spacial score (nSPS) is 11.0. The minimum Gasteiger partial charge on any atom is -0.378 e. The minimum absolute atomic E-state index is 0.319. The van der Waals surface area contributed by atoms with Crippen molar-refractivity contribution in [3.8, 4) is 11.4 Å². The monoisotopic (exact) mass is 261 g/mol. The number of methoxy groups -OCH3 is 1. The van der Waals surface area contributed by atoms with Crippen LogP contribution in [0, 0.1) is 0 Å². The molecule has 0 saturated carbocycles. The first-order chi connectivity index (χ1) is 9.13. The lowest BCUT2D eigenvalue weighted by Gasteiger charge is -2.06. The molecule has 2 rings (SSSR count). The minimum atomic E-state index is 0.319. The second-order valence-electron chi connectivity index (χ2n) is 4.55. The van der Waals surface area contributed by atoms with Gasteiger partial charge < -0.3 is 10.1 Å². The zero-order valence-corrected chi connectivity index (χ0v) is 11.7. The molecule has 19 heavy (non-hydrogen) atoms. The van der Waals surface area contributed by atoms with Crippen LogP contribution < -0.4 is 5.32 Å². The van der Waals surface area contributed by atoms with E-state index in [0.717, 1.165) is 17.1 Å². The molecule has 0 aliphatic rings. The van der Waals surface area contributed by atoms with Crippen LogP contribution in [0.15, 0.2) is 18.5 Å². The van der Waals surface area contributed by atoms with Crippen molar-refractivity contribution in [2.75, 3.05) is 19.5 Å². The molecule has 0 spiro atoms. The molecule has 2 heterocycles. The van der Waals surface area contributed by atoms with E-state index in [2.05, 4.69) is 34.2 Å². The lowest BCUT2D eigenvalue weighted by atomic mass is 10.3. The Morgan fingerprint density at radius 1 is 1.37 bits per heavy atom. The zero-order valence-electron chi connectivity index (χ0n) is 11.7. The molecule has 0 unspecified atom stereocenters.